The Morgan fingerprint density at radius 3 is 2.80 bits per heavy atom. The molecule has 128 valence electrons. The largest absolute Gasteiger partial charge is 0.411 e. The van der Waals surface area contributed by atoms with Gasteiger partial charge in [0.2, 0.25) is 11.8 Å². The molecule has 0 spiro atoms. The highest BCUT2D eigenvalue weighted by Crippen LogP contribution is 2.28. The van der Waals surface area contributed by atoms with Crippen molar-refractivity contribution in [1.82, 2.24) is 10.2 Å². The second-order valence-electron chi connectivity index (χ2n) is 5.15. The lowest BCUT2D eigenvalue weighted by atomic mass is 10.2. The molecule has 0 radical (unpaired) electrons. The second-order valence-corrected chi connectivity index (χ2v) is 6.92. The van der Waals surface area contributed by atoms with Crippen molar-refractivity contribution in [3.8, 4) is 11.5 Å². The van der Waals surface area contributed by atoms with Crippen LogP contribution in [0.1, 0.15) is 5.56 Å². The molecule has 0 saturated heterocycles. The van der Waals surface area contributed by atoms with E-state index in [2.05, 4.69) is 15.5 Å². The monoisotopic (exact) mass is 393 g/mol. The van der Waals surface area contributed by atoms with Gasteiger partial charge in [0.1, 0.15) is 0 Å². The van der Waals surface area contributed by atoms with E-state index in [9.17, 15) is 4.79 Å². The maximum absolute atomic E-state index is 12.1. The Morgan fingerprint density at radius 2 is 2.00 bits per heavy atom. The fraction of sp³-hybridized carbons (Fsp3) is 0.118. The average Bonchev–Trinajstić information content (AvgIpc) is 3.05. The zero-order valence-electron chi connectivity index (χ0n) is 13.1. The summed E-state index contributed by atoms with van der Waals surface area (Å²) in [6.45, 7) is 1.90. The van der Waals surface area contributed by atoms with Gasteiger partial charge in [-0.1, -0.05) is 53.2 Å². The lowest BCUT2D eigenvalue weighted by Crippen LogP contribution is -2.14. The first-order chi connectivity index (χ1) is 12.0. The van der Waals surface area contributed by atoms with Gasteiger partial charge in [-0.2, -0.15) is 0 Å². The zero-order chi connectivity index (χ0) is 17.8. The van der Waals surface area contributed by atoms with Crippen LogP contribution in [-0.4, -0.2) is 21.9 Å². The van der Waals surface area contributed by atoms with E-state index in [4.69, 9.17) is 27.6 Å². The number of benzene rings is 2. The summed E-state index contributed by atoms with van der Waals surface area (Å²) in [5, 5.41) is 12.1. The lowest BCUT2D eigenvalue weighted by Gasteiger charge is -2.07. The Hall–Kier alpha value is -2.02. The van der Waals surface area contributed by atoms with E-state index in [1.54, 1.807) is 24.3 Å². The van der Waals surface area contributed by atoms with Crippen LogP contribution < -0.4 is 5.32 Å². The summed E-state index contributed by atoms with van der Waals surface area (Å²) in [7, 11) is 0. The number of aryl methyl sites for hydroxylation is 1. The van der Waals surface area contributed by atoms with Crippen LogP contribution in [-0.2, 0) is 4.79 Å². The molecule has 0 aliphatic rings. The highest BCUT2D eigenvalue weighted by Gasteiger charge is 2.13. The number of carbonyl (C=O) groups excluding carboxylic acids is 1. The quantitative estimate of drug-likeness (QED) is 0.611. The third-order valence-electron chi connectivity index (χ3n) is 3.31. The first-order valence-corrected chi connectivity index (χ1v) is 9.04. The normalized spacial score (nSPS) is 10.7. The molecule has 0 unspecified atom stereocenters. The summed E-state index contributed by atoms with van der Waals surface area (Å²) < 4.78 is 5.55. The molecule has 2 aromatic carbocycles. The van der Waals surface area contributed by atoms with E-state index >= 15 is 0 Å². The van der Waals surface area contributed by atoms with Crippen molar-refractivity contribution in [3.05, 3.63) is 58.1 Å². The molecular weight excluding hydrogens is 381 g/mol. The van der Waals surface area contributed by atoms with Crippen molar-refractivity contribution in [2.45, 2.75) is 12.1 Å². The molecular formula is C17H13Cl2N3O2S. The molecule has 25 heavy (non-hydrogen) atoms. The highest BCUT2D eigenvalue weighted by atomic mass is 35.5. The third-order valence-corrected chi connectivity index (χ3v) is 4.69. The molecule has 0 saturated carbocycles. The third kappa shape index (κ3) is 4.54. The fourth-order valence-corrected chi connectivity index (χ4v) is 3.01. The van der Waals surface area contributed by atoms with Crippen LogP contribution in [0, 0.1) is 6.92 Å². The molecule has 3 rings (SSSR count). The minimum atomic E-state index is -0.187. The predicted molar refractivity (Wildman–Crippen MR) is 100 cm³/mol. The summed E-state index contributed by atoms with van der Waals surface area (Å²) in [6.07, 6.45) is 0. The maximum Gasteiger partial charge on any atom is 0.277 e. The summed E-state index contributed by atoms with van der Waals surface area (Å²) in [6, 6.07) is 12.5. The van der Waals surface area contributed by atoms with E-state index in [1.165, 1.54) is 0 Å². The maximum atomic E-state index is 12.1. The molecule has 0 bridgehead atoms. The Bertz CT molecular complexity index is 914. The van der Waals surface area contributed by atoms with Crippen molar-refractivity contribution >= 4 is 46.6 Å². The van der Waals surface area contributed by atoms with Crippen LogP contribution in [0.2, 0.25) is 10.0 Å². The van der Waals surface area contributed by atoms with E-state index in [0.717, 1.165) is 17.3 Å². The van der Waals surface area contributed by atoms with E-state index < -0.39 is 0 Å². The van der Waals surface area contributed by atoms with Crippen molar-refractivity contribution in [1.29, 1.82) is 0 Å². The molecule has 0 fully saturated rings. The Labute approximate surface area is 158 Å². The molecule has 0 atom stereocenters. The van der Waals surface area contributed by atoms with Crippen LogP contribution in [0.4, 0.5) is 5.69 Å². The molecule has 5 nitrogen and oxygen atoms in total. The van der Waals surface area contributed by atoms with Gasteiger partial charge in [-0.15, -0.1) is 10.2 Å². The Balaban J connectivity index is 1.61. The van der Waals surface area contributed by atoms with Gasteiger partial charge in [-0.25, -0.2) is 0 Å². The number of rotatable bonds is 5. The molecule has 0 aliphatic carbocycles. The van der Waals surface area contributed by atoms with Crippen molar-refractivity contribution in [2.24, 2.45) is 0 Å². The number of aromatic nitrogens is 2. The van der Waals surface area contributed by atoms with Crippen molar-refractivity contribution in [3.63, 3.8) is 0 Å². The Morgan fingerprint density at radius 1 is 1.20 bits per heavy atom. The van der Waals surface area contributed by atoms with E-state index in [0.29, 0.717) is 32.4 Å². The number of anilines is 1. The number of thioether (sulfide) groups is 1. The number of hydrogen-bond acceptors (Lipinski definition) is 5. The molecule has 3 aromatic rings. The van der Waals surface area contributed by atoms with Gasteiger partial charge in [-0.3, -0.25) is 4.79 Å². The number of carbonyl (C=O) groups is 1. The van der Waals surface area contributed by atoms with Gasteiger partial charge in [-0.05, 0) is 36.8 Å². The van der Waals surface area contributed by atoms with Gasteiger partial charge < -0.3 is 9.73 Å². The van der Waals surface area contributed by atoms with Gasteiger partial charge in [0, 0.05) is 10.7 Å². The number of amides is 1. The standard InChI is InChI=1S/C17H13Cl2N3O2S/c1-10-6-7-11(18)8-14(10)20-15(23)9-25-17-22-21-16(24-17)12-4-2-3-5-13(12)19/h2-8H,9H2,1H3,(H,20,23). The molecule has 1 aromatic heterocycles. The smallest absolute Gasteiger partial charge is 0.277 e. The van der Waals surface area contributed by atoms with Crippen LogP contribution in [0.3, 0.4) is 0 Å². The zero-order valence-corrected chi connectivity index (χ0v) is 15.5. The first-order valence-electron chi connectivity index (χ1n) is 7.30. The summed E-state index contributed by atoms with van der Waals surface area (Å²) in [4.78, 5) is 12.1. The number of halogens is 2. The van der Waals surface area contributed by atoms with Crippen LogP contribution >= 0.6 is 35.0 Å². The first kappa shape index (κ1) is 17.8. The average molecular weight is 394 g/mol. The molecule has 8 heteroatoms. The SMILES string of the molecule is Cc1ccc(Cl)cc1NC(=O)CSc1nnc(-c2ccccc2Cl)o1. The molecule has 0 aliphatic heterocycles. The summed E-state index contributed by atoms with van der Waals surface area (Å²) in [5.74, 6) is 0.267. The molecule has 1 heterocycles. The summed E-state index contributed by atoms with van der Waals surface area (Å²) in [5.41, 5.74) is 2.27. The Kier molecular flexibility index (Phi) is 5.63. The van der Waals surface area contributed by atoms with Crippen molar-refractivity contribution in [2.75, 3.05) is 11.1 Å². The predicted octanol–water partition coefficient (Wildman–Crippen LogP) is 5.08. The van der Waals surface area contributed by atoms with Gasteiger partial charge in [0.25, 0.3) is 5.22 Å². The van der Waals surface area contributed by atoms with Crippen LogP contribution in [0.15, 0.2) is 52.1 Å². The topological polar surface area (TPSA) is 68.0 Å². The van der Waals surface area contributed by atoms with Crippen LogP contribution in [0.5, 0.6) is 0 Å². The minimum Gasteiger partial charge on any atom is -0.411 e. The van der Waals surface area contributed by atoms with Gasteiger partial charge in [0.15, 0.2) is 0 Å². The number of hydrogen-bond donors (Lipinski definition) is 1. The van der Waals surface area contributed by atoms with Crippen molar-refractivity contribution < 1.29 is 9.21 Å². The fourth-order valence-electron chi connectivity index (χ4n) is 2.05. The number of nitrogens with zero attached hydrogens (tertiary/aromatic N) is 2. The summed E-state index contributed by atoms with van der Waals surface area (Å²) >= 11 is 13.2. The van der Waals surface area contributed by atoms with Gasteiger partial charge >= 0.3 is 0 Å². The van der Waals surface area contributed by atoms with Gasteiger partial charge in [0.05, 0.1) is 16.3 Å². The lowest BCUT2D eigenvalue weighted by molar-refractivity contribution is -0.113. The second kappa shape index (κ2) is 7.91. The molecule has 1 amide bonds. The van der Waals surface area contributed by atoms with Crippen LogP contribution in [0.25, 0.3) is 11.5 Å². The number of nitrogens with one attached hydrogen (secondary N) is 1. The minimum absolute atomic E-state index is 0.135. The molecule has 1 N–H and O–H groups in total. The van der Waals surface area contributed by atoms with E-state index in [-0.39, 0.29) is 11.7 Å². The van der Waals surface area contributed by atoms with E-state index in [1.807, 2.05) is 25.1 Å². The highest BCUT2D eigenvalue weighted by molar-refractivity contribution is 7.99.